The van der Waals surface area contributed by atoms with E-state index in [1.807, 2.05) is 70.9 Å². The zero-order valence-corrected chi connectivity index (χ0v) is 22.6. The number of nitrogens with two attached hydrogens (primary N) is 1. The first-order chi connectivity index (χ1) is 20.3. The third-order valence-corrected chi connectivity index (χ3v) is 7.44. The van der Waals surface area contributed by atoms with E-state index in [9.17, 15) is 33.0 Å². The summed E-state index contributed by atoms with van der Waals surface area (Å²) in [5, 5.41) is 31.9. The topological polar surface area (TPSA) is 169 Å². The molecule has 0 spiro atoms. The number of aliphatic carboxylic acids is 1. The fourth-order valence-electron chi connectivity index (χ4n) is 5.46. The third kappa shape index (κ3) is 5.41. The van der Waals surface area contributed by atoms with E-state index in [-0.39, 0.29) is 18.5 Å². The highest BCUT2D eigenvalue weighted by Gasteiger charge is 2.40. The number of carbonyl (C=O) groups is 3. The number of alkyl halides is 3. The number of carboxylic acids is 1. The molecular weight excluding hydrogens is 573 g/mol. The molecule has 6 rings (SSSR count). The number of carboxylic acid groups (broad SMARTS) is 1. The summed E-state index contributed by atoms with van der Waals surface area (Å²) in [6.45, 7) is 0.0497. The van der Waals surface area contributed by atoms with E-state index in [0.29, 0.717) is 16.7 Å². The van der Waals surface area contributed by atoms with Crippen molar-refractivity contribution in [1.82, 2.24) is 14.5 Å². The molecule has 14 heteroatoms. The number of aliphatic hydroxyl groups excluding tert-OH is 2. The first-order valence-corrected chi connectivity index (χ1v) is 13.1. The highest BCUT2D eigenvalue weighted by Crippen LogP contribution is 2.40. The van der Waals surface area contributed by atoms with Gasteiger partial charge in [-0.3, -0.25) is 14.9 Å². The molecule has 6 N–H and O–H groups in total. The average Bonchev–Trinajstić information content (AvgIpc) is 3.60. The number of aryl methyl sites for hydroxylation is 1. The van der Waals surface area contributed by atoms with Crippen LogP contribution in [0.4, 0.5) is 13.2 Å². The second kappa shape index (κ2) is 11.3. The molecule has 0 radical (unpaired) electrons. The van der Waals surface area contributed by atoms with Crippen LogP contribution in [0.1, 0.15) is 23.8 Å². The molecule has 2 aromatic heterocycles. The van der Waals surface area contributed by atoms with Crippen molar-refractivity contribution in [1.29, 1.82) is 0 Å². The Morgan fingerprint density at radius 1 is 0.977 bits per heavy atom. The second-order valence-corrected chi connectivity index (χ2v) is 10.1. The van der Waals surface area contributed by atoms with E-state index in [4.69, 9.17) is 20.4 Å². The maximum absolute atomic E-state index is 13.2. The quantitative estimate of drug-likeness (QED) is 0.222. The van der Waals surface area contributed by atoms with Gasteiger partial charge in [0.25, 0.3) is 11.8 Å². The van der Waals surface area contributed by atoms with Gasteiger partial charge in [0.1, 0.15) is 18.4 Å². The second-order valence-electron chi connectivity index (χ2n) is 10.1. The van der Waals surface area contributed by atoms with Crippen LogP contribution < -0.4 is 11.1 Å². The minimum absolute atomic E-state index is 0.0497. The zero-order chi connectivity index (χ0) is 31.2. The number of nitrogens with one attached hydrogen (secondary N) is 1. The number of aliphatic hydroxyl groups is 2. The summed E-state index contributed by atoms with van der Waals surface area (Å²) in [6.07, 6.45) is -4.72. The van der Waals surface area contributed by atoms with Crippen molar-refractivity contribution in [3.63, 3.8) is 0 Å². The minimum atomic E-state index is -5.08. The van der Waals surface area contributed by atoms with Crippen LogP contribution in [0.5, 0.6) is 0 Å². The van der Waals surface area contributed by atoms with Crippen LogP contribution in [-0.4, -0.2) is 73.3 Å². The van der Waals surface area contributed by atoms with Gasteiger partial charge in [-0.25, -0.2) is 4.79 Å². The number of carbonyl (C=O) groups excluding carboxylic acids is 2. The molecule has 2 aromatic carbocycles. The van der Waals surface area contributed by atoms with Gasteiger partial charge in [0, 0.05) is 59.8 Å². The fraction of sp³-hybridized carbons (Fsp3) is 0.276. The highest BCUT2D eigenvalue weighted by molar-refractivity contribution is 6.50. The van der Waals surface area contributed by atoms with Crippen LogP contribution in [0.25, 0.3) is 33.0 Å². The Morgan fingerprint density at radius 2 is 1.49 bits per heavy atom. The first kappa shape index (κ1) is 30.0. The molecule has 0 aliphatic carbocycles. The molecule has 1 saturated heterocycles. The van der Waals surface area contributed by atoms with Gasteiger partial charge >= 0.3 is 12.1 Å². The van der Waals surface area contributed by atoms with E-state index in [2.05, 4.69) is 5.32 Å². The van der Waals surface area contributed by atoms with Crippen molar-refractivity contribution in [3.8, 4) is 0 Å². The van der Waals surface area contributed by atoms with Gasteiger partial charge in [-0.2, -0.15) is 13.2 Å². The maximum Gasteiger partial charge on any atom is 0.490 e. The number of hydrogen-bond acceptors (Lipinski definition) is 7. The molecule has 2 amide bonds. The Labute approximate surface area is 241 Å². The van der Waals surface area contributed by atoms with E-state index >= 15 is 0 Å². The molecule has 2 aliphatic heterocycles. The lowest BCUT2D eigenvalue weighted by Crippen LogP contribution is -2.49. The maximum atomic E-state index is 13.2. The number of rotatable bonds is 4. The Hall–Kier alpha value is -4.50. The summed E-state index contributed by atoms with van der Waals surface area (Å²) in [5.41, 5.74) is 9.37. The molecule has 4 heterocycles. The molecule has 4 atom stereocenters. The Kier molecular flexibility index (Phi) is 7.88. The summed E-state index contributed by atoms with van der Waals surface area (Å²) in [5.74, 6) is -3.67. The predicted molar refractivity (Wildman–Crippen MR) is 148 cm³/mol. The summed E-state index contributed by atoms with van der Waals surface area (Å²) in [6, 6.07) is 15.3. The zero-order valence-electron chi connectivity index (χ0n) is 22.6. The lowest BCUT2D eigenvalue weighted by Gasteiger charge is -2.37. The van der Waals surface area contributed by atoms with Crippen LogP contribution in [-0.2, 0) is 26.2 Å². The molecule has 0 saturated carbocycles. The van der Waals surface area contributed by atoms with Gasteiger partial charge in [0.15, 0.2) is 0 Å². The van der Waals surface area contributed by atoms with E-state index in [0.717, 1.165) is 21.8 Å². The molecule has 0 unspecified atom stereocenters. The number of aromatic nitrogens is 2. The monoisotopic (exact) mass is 600 g/mol. The molecule has 4 aromatic rings. The van der Waals surface area contributed by atoms with Crippen molar-refractivity contribution < 1.29 is 47.6 Å². The number of hydrogen-bond donors (Lipinski definition) is 5. The number of ether oxygens (including phenoxy) is 1. The van der Waals surface area contributed by atoms with Crippen LogP contribution in [0.15, 0.2) is 60.9 Å². The van der Waals surface area contributed by atoms with Gasteiger partial charge in [0.05, 0.1) is 22.8 Å². The van der Waals surface area contributed by atoms with E-state index in [1.165, 1.54) is 0 Å². The molecular formula is C29H27F3N4O7. The van der Waals surface area contributed by atoms with Crippen molar-refractivity contribution in [3.05, 3.63) is 72.1 Å². The molecule has 43 heavy (non-hydrogen) atoms. The smallest absolute Gasteiger partial charge is 0.475 e. The van der Waals surface area contributed by atoms with Gasteiger partial charge in [-0.1, -0.05) is 36.4 Å². The largest absolute Gasteiger partial charge is 0.490 e. The number of fused-ring (bicyclic) bond motifs is 2. The lowest BCUT2D eigenvalue weighted by atomic mass is 9.95. The molecule has 2 aliphatic rings. The van der Waals surface area contributed by atoms with Crippen molar-refractivity contribution in [2.24, 2.45) is 12.8 Å². The van der Waals surface area contributed by atoms with Gasteiger partial charge in [-0.15, -0.1) is 0 Å². The Balaban J connectivity index is 0.000000472. The number of benzene rings is 2. The van der Waals surface area contributed by atoms with Gasteiger partial charge in [-0.05, 0) is 12.1 Å². The van der Waals surface area contributed by atoms with Gasteiger partial charge in [0.2, 0.25) is 0 Å². The SMILES string of the molecule is Cn1cc(C2=C(c3cn([C@H]4C[C@@H](O)[C@@H](O)[C@@H](CN)O4)c4ccccc34)C(=O)NC2=O)c2ccccc21.O=C(O)C(F)(F)F. The highest BCUT2D eigenvalue weighted by atomic mass is 19.4. The standard InChI is InChI=1S/C27H26N4O5.C2HF3O2/c1-30-12-16(14-6-2-4-8-18(14)30)23-24(27(35)29-26(23)34)17-13-31(19-9-5-3-7-15(17)19)22-10-20(32)25(33)21(11-28)36-22;3-2(4,5)1(6)7/h2-9,12-13,20-22,25,32-33H,10-11,28H2,1H3,(H,29,34,35);(H,6,7)/t20-,21-,22-,25-;/m1./s1. The van der Waals surface area contributed by atoms with Crippen molar-refractivity contribution in [2.75, 3.05) is 6.54 Å². The number of halogens is 3. The minimum Gasteiger partial charge on any atom is -0.475 e. The molecule has 11 nitrogen and oxygen atoms in total. The Morgan fingerprint density at radius 3 is 2.05 bits per heavy atom. The normalized spacial score (nSPS) is 22.6. The summed E-state index contributed by atoms with van der Waals surface area (Å²) < 4.78 is 41.6. The van der Waals surface area contributed by atoms with Gasteiger partial charge < -0.3 is 34.9 Å². The molecule has 226 valence electrons. The third-order valence-electron chi connectivity index (χ3n) is 7.44. The number of amides is 2. The van der Waals surface area contributed by atoms with Crippen LogP contribution in [0.2, 0.25) is 0 Å². The van der Waals surface area contributed by atoms with E-state index < -0.39 is 48.5 Å². The average molecular weight is 601 g/mol. The molecule has 0 bridgehead atoms. The lowest BCUT2D eigenvalue weighted by molar-refractivity contribution is -0.192. The summed E-state index contributed by atoms with van der Waals surface area (Å²) in [4.78, 5) is 35.2. The number of imide groups is 1. The summed E-state index contributed by atoms with van der Waals surface area (Å²) in [7, 11) is 1.90. The van der Waals surface area contributed by atoms with E-state index in [1.54, 1.807) is 6.20 Å². The van der Waals surface area contributed by atoms with Crippen LogP contribution >= 0.6 is 0 Å². The Bertz CT molecular complexity index is 1770. The molecule has 1 fully saturated rings. The van der Waals surface area contributed by atoms with Crippen molar-refractivity contribution >= 4 is 50.7 Å². The van der Waals surface area contributed by atoms with Crippen LogP contribution in [0, 0.1) is 0 Å². The first-order valence-electron chi connectivity index (χ1n) is 13.1. The predicted octanol–water partition coefficient (Wildman–Crippen LogP) is 2.30. The fourth-order valence-corrected chi connectivity index (χ4v) is 5.46. The van der Waals surface area contributed by atoms with Crippen LogP contribution in [0.3, 0.4) is 0 Å². The number of para-hydroxylation sites is 2. The van der Waals surface area contributed by atoms with Crippen molar-refractivity contribution in [2.45, 2.75) is 37.1 Å². The summed E-state index contributed by atoms with van der Waals surface area (Å²) >= 11 is 0. The number of nitrogens with zero attached hydrogens (tertiary/aromatic N) is 2.